The number of alkyl halides is 1. The van der Waals surface area contributed by atoms with Gasteiger partial charge >= 0.3 is 0 Å². The third kappa shape index (κ3) is 3.30. The van der Waals surface area contributed by atoms with Crippen LogP contribution in [0.4, 0.5) is 5.82 Å². The molecule has 0 aromatic carbocycles. The molecule has 0 amide bonds. The molecule has 1 aliphatic rings. The molecule has 0 spiro atoms. The number of hydrogen-bond donors (Lipinski definition) is 0. The van der Waals surface area contributed by atoms with Crippen molar-refractivity contribution in [2.75, 3.05) is 38.6 Å². The lowest BCUT2D eigenvalue weighted by atomic mass is 10.1. The Morgan fingerprint density at radius 2 is 2.29 bits per heavy atom. The van der Waals surface area contributed by atoms with Crippen LogP contribution in [0.25, 0.3) is 0 Å². The minimum atomic E-state index is 0.421. The monoisotopic (exact) mass is 254 g/mol. The number of anilines is 1. The summed E-state index contributed by atoms with van der Waals surface area (Å²) >= 11 is 5.69. The van der Waals surface area contributed by atoms with E-state index in [9.17, 15) is 0 Å². The van der Waals surface area contributed by atoms with Crippen LogP contribution in [0.2, 0.25) is 0 Å². The van der Waals surface area contributed by atoms with E-state index in [4.69, 9.17) is 11.6 Å². The summed E-state index contributed by atoms with van der Waals surface area (Å²) in [5.74, 6) is 2.08. The van der Waals surface area contributed by atoms with Gasteiger partial charge in [-0.25, -0.2) is 0 Å². The van der Waals surface area contributed by atoms with Gasteiger partial charge in [-0.1, -0.05) is 0 Å². The predicted octanol–water partition coefficient (Wildman–Crippen LogP) is 1.60. The maximum absolute atomic E-state index is 5.69. The van der Waals surface area contributed by atoms with E-state index in [-0.39, 0.29) is 0 Å². The molecule has 1 aliphatic heterocycles. The van der Waals surface area contributed by atoms with Gasteiger partial charge in [-0.3, -0.25) is 0 Å². The lowest BCUT2D eigenvalue weighted by Crippen LogP contribution is -2.28. The quantitative estimate of drug-likeness (QED) is 0.764. The molecular weight excluding hydrogens is 236 g/mol. The minimum Gasteiger partial charge on any atom is -0.358 e. The summed E-state index contributed by atoms with van der Waals surface area (Å²) < 4.78 is 0. The molecule has 94 valence electrons. The normalized spacial score (nSPS) is 20.8. The average molecular weight is 255 g/mol. The molecular formula is C12H19ClN4. The molecule has 1 aromatic rings. The van der Waals surface area contributed by atoms with Crippen LogP contribution in [0.15, 0.2) is 12.1 Å². The van der Waals surface area contributed by atoms with E-state index in [0.29, 0.717) is 5.88 Å². The van der Waals surface area contributed by atoms with E-state index >= 15 is 0 Å². The lowest BCUT2D eigenvalue weighted by molar-refractivity contribution is 0.395. The number of nitrogens with zero attached hydrogens (tertiary/aromatic N) is 4. The van der Waals surface area contributed by atoms with Crippen LogP contribution < -0.4 is 4.90 Å². The molecule has 1 aromatic heterocycles. The zero-order valence-corrected chi connectivity index (χ0v) is 11.2. The Balaban J connectivity index is 1.92. The summed E-state index contributed by atoms with van der Waals surface area (Å²) in [7, 11) is 4.25. The van der Waals surface area contributed by atoms with Crippen molar-refractivity contribution in [3.63, 3.8) is 0 Å². The van der Waals surface area contributed by atoms with E-state index in [0.717, 1.165) is 24.0 Å². The molecule has 0 N–H and O–H groups in total. The van der Waals surface area contributed by atoms with Crippen LogP contribution in [0.3, 0.4) is 0 Å². The fourth-order valence-corrected chi connectivity index (χ4v) is 2.43. The molecule has 5 heteroatoms. The fourth-order valence-electron chi connectivity index (χ4n) is 2.28. The third-order valence-electron chi connectivity index (χ3n) is 3.25. The van der Waals surface area contributed by atoms with E-state index in [1.54, 1.807) is 0 Å². The first-order valence-corrected chi connectivity index (χ1v) is 6.50. The summed E-state index contributed by atoms with van der Waals surface area (Å²) in [4.78, 5) is 4.55. The van der Waals surface area contributed by atoms with Gasteiger partial charge in [0.05, 0.1) is 11.6 Å². The van der Waals surface area contributed by atoms with Crippen molar-refractivity contribution in [2.24, 2.45) is 5.92 Å². The third-order valence-corrected chi connectivity index (χ3v) is 3.53. The molecule has 0 saturated carbocycles. The van der Waals surface area contributed by atoms with Crippen molar-refractivity contribution in [1.29, 1.82) is 0 Å². The molecule has 0 aliphatic carbocycles. The van der Waals surface area contributed by atoms with Gasteiger partial charge in [0.1, 0.15) is 0 Å². The largest absolute Gasteiger partial charge is 0.358 e. The summed E-state index contributed by atoms with van der Waals surface area (Å²) in [6, 6.07) is 3.93. The van der Waals surface area contributed by atoms with Gasteiger partial charge in [-0.05, 0) is 38.1 Å². The van der Waals surface area contributed by atoms with E-state index < -0.39 is 0 Å². The standard InChI is InChI=1S/C12H19ClN4/c1-16-6-5-10(8-16)9-17(2)12-4-3-11(7-13)14-15-12/h3-4,10H,5-9H2,1-2H3. The summed E-state index contributed by atoms with van der Waals surface area (Å²) in [6.45, 7) is 3.42. The molecule has 1 saturated heterocycles. The fraction of sp³-hybridized carbons (Fsp3) is 0.667. The number of halogens is 1. The topological polar surface area (TPSA) is 32.3 Å². The molecule has 0 bridgehead atoms. The number of aromatic nitrogens is 2. The van der Waals surface area contributed by atoms with Crippen LogP contribution in [0, 0.1) is 5.92 Å². The van der Waals surface area contributed by atoms with Crippen LogP contribution in [0.5, 0.6) is 0 Å². The van der Waals surface area contributed by atoms with Crippen molar-refractivity contribution in [3.05, 3.63) is 17.8 Å². The van der Waals surface area contributed by atoms with Crippen molar-refractivity contribution in [1.82, 2.24) is 15.1 Å². The van der Waals surface area contributed by atoms with Crippen LogP contribution in [-0.4, -0.2) is 48.8 Å². The SMILES string of the molecule is CN1CCC(CN(C)c2ccc(CCl)nn2)C1. The Labute approximate surface area is 108 Å². The number of rotatable bonds is 4. The highest BCUT2D eigenvalue weighted by Crippen LogP contribution is 2.18. The minimum absolute atomic E-state index is 0.421. The molecule has 0 radical (unpaired) electrons. The van der Waals surface area contributed by atoms with Gasteiger partial charge in [0.2, 0.25) is 0 Å². The van der Waals surface area contributed by atoms with Gasteiger partial charge in [-0.15, -0.1) is 16.7 Å². The highest BCUT2D eigenvalue weighted by atomic mass is 35.5. The van der Waals surface area contributed by atoms with Gasteiger partial charge < -0.3 is 9.80 Å². The second-order valence-corrected chi connectivity index (χ2v) is 5.08. The van der Waals surface area contributed by atoms with Crippen molar-refractivity contribution in [3.8, 4) is 0 Å². The summed E-state index contributed by atoms with van der Waals surface area (Å²) in [6.07, 6.45) is 1.27. The smallest absolute Gasteiger partial charge is 0.150 e. The molecule has 2 heterocycles. The zero-order chi connectivity index (χ0) is 12.3. The first kappa shape index (κ1) is 12.6. The van der Waals surface area contributed by atoms with Crippen molar-refractivity contribution in [2.45, 2.75) is 12.3 Å². The maximum Gasteiger partial charge on any atom is 0.150 e. The number of likely N-dealkylation sites (tertiary alicyclic amines) is 1. The number of hydrogen-bond acceptors (Lipinski definition) is 4. The van der Waals surface area contributed by atoms with E-state index in [2.05, 4.69) is 34.1 Å². The lowest BCUT2D eigenvalue weighted by Gasteiger charge is -2.21. The second kappa shape index (κ2) is 5.65. The van der Waals surface area contributed by atoms with Crippen molar-refractivity contribution < 1.29 is 0 Å². The Kier molecular flexibility index (Phi) is 4.18. The van der Waals surface area contributed by atoms with E-state index in [1.807, 2.05) is 12.1 Å². The van der Waals surface area contributed by atoms with Gasteiger partial charge in [-0.2, -0.15) is 5.10 Å². The highest BCUT2D eigenvalue weighted by Gasteiger charge is 2.21. The first-order chi connectivity index (χ1) is 8.19. The molecule has 1 atom stereocenters. The predicted molar refractivity (Wildman–Crippen MR) is 70.5 cm³/mol. The Morgan fingerprint density at radius 1 is 1.47 bits per heavy atom. The molecule has 2 rings (SSSR count). The van der Waals surface area contributed by atoms with Crippen LogP contribution in [-0.2, 0) is 5.88 Å². The first-order valence-electron chi connectivity index (χ1n) is 5.97. The van der Waals surface area contributed by atoms with Crippen LogP contribution in [0.1, 0.15) is 12.1 Å². The second-order valence-electron chi connectivity index (χ2n) is 4.81. The molecule has 4 nitrogen and oxygen atoms in total. The highest BCUT2D eigenvalue weighted by molar-refractivity contribution is 6.16. The van der Waals surface area contributed by atoms with Gasteiger partial charge in [0, 0.05) is 20.1 Å². The van der Waals surface area contributed by atoms with Gasteiger partial charge in [0.25, 0.3) is 0 Å². The molecule has 1 unspecified atom stereocenters. The Hall–Kier alpha value is -0.870. The van der Waals surface area contributed by atoms with Crippen molar-refractivity contribution >= 4 is 17.4 Å². The Bertz CT molecular complexity index is 354. The average Bonchev–Trinajstić information content (AvgIpc) is 2.75. The summed E-state index contributed by atoms with van der Waals surface area (Å²) in [5.41, 5.74) is 0.824. The Morgan fingerprint density at radius 3 is 2.82 bits per heavy atom. The molecule has 17 heavy (non-hydrogen) atoms. The van der Waals surface area contributed by atoms with Crippen LogP contribution >= 0.6 is 11.6 Å². The zero-order valence-electron chi connectivity index (χ0n) is 10.4. The summed E-state index contributed by atoms with van der Waals surface area (Å²) in [5, 5.41) is 8.26. The van der Waals surface area contributed by atoms with E-state index in [1.165, 1.54) is 19.5 Å². The molecule has 1 fully saturated rings. The van der Waals surface area contributed by atoms with Gasteiger partial charge in [0.15, 0.2) is 5.82 Å². The maximum atomic E-state index is 5.69.